The van der Waals surface area contributed by atoms with E-state index in [-0.39, 0.29) is 30.6 Å². The van der Waals surface area contributed by atoms with Gasteiger partial charge in [-0.25, -0.2) is 0 Å². The molecule has 222 valence electrons. The molecular weight excluding hydrogens is 581 g/mol. The number of benzene rings is 4. The summed E-state index contributed by atoms with van der Waals surface area (Å²) in [5.74, 6) is -0.299. The number of halogens is 2. The van der Waals surface area contributed by atoms with Crippen molar-refractivity contribution < 1.29 is 14.3 Å². The molecule has 2 atom stereocenters. The Morgan fingerprint density at radius 1 is 0.860 bits per heavy atom. The summed E-state index contributed by atoms with van der Waals surface area (Å²) in [7, 11) is 0. The highest BCUT2D eigenvalue weighted by Gasteiger charge is 2.38. The molecule has 0 aromatic heterocycles. The second-order valence-corrected chi connectivity index (χ2v) is 11.4. The third-order valence-corrected chi connectivity index (χ3v) is 8.35. The first-order chi connectivity index (χ1) is 20.5. The summed E-state index contributed by atoms with van der Waals surface area (Å²) in [4.78, 5) is 31.2. The fraction of sp³-hybridized carbons (Fsp3) is 0.257. The zero-order chi connectivity index (χ0) is 29.1. The maximum Gasteiger partial charge on any atom is 0.257 e. The molecule has 0 saturated carbocycles. The van der Waals surface area contributed by atoms with Crippen molar-refractivity contribution in [2.24, 2.45) is 5.73 Å². The Kier molecular flexibility index (Phi) is 9.83. The van der Waals surface area contributed by atoms with E-state index in [1.165, 1.54) is 0 Å². The normalized spacial score (nSPS) is 18.1. The van der Waals surface area contributed by atoms with Crippen LogP contribution in [-0.2, 0) is 27.4 Å². The van der Waals surface area contributed by atoms with Crippen LogP contribution >= 0.6 is 24.0 Å². The molecule has 2 unspecified atom stereocenters. The number of nitrogens with zero attached hydrogens (tertiary/aromatic N) is 2. The summed E-state index contributed by atoms with van der Waals surface area (Å²) in [5.41, 5.74) is 12.5. The van der Waals surface area contributed by atoms with Crippen LogP contribution in [0.1, 0.15) is 47.6 Å². The van der Waals surface area contributed by atoms with Gasteiger partial charge in [0.15, 0.2) is 0 Å². The summed E-state index contributed by atoms with van der Waals surface area (Å²) in [6.07, 6.45) is 0.385. The van der Waals surface area contributed by atoms with Gasteiger partial charge in [-0.2, -0.15) is 0 Å². The van der Waals surface area contributed by atoms with Gasteiger partial charge in [-0.1, -0.05) is 90.5 Å². The highest BCUT2D eigenvalue weighted by molar-refractivity contribution is 6.30. The van der Waals surface area contributed by atoms with E-state index in [4.69, 9.17) is 22.1 Å². The molecule has 6 rings (SSSR count). The lowest BCUT2D eigenvalue weighted by molar-refractivity contribution is -0.142. The monoisotopic (exact) mass is 615 g/mol. The summed E-state index contributed by atoms with van der Waals surface area (Å²) in [5, 5.41) is 0.545. The van der Waals surface area contributed by atoms with Crippen molar-refractivity contribution in [2.45, 2.75) is 44.6 Å². The number of carbonyl (C=O) groups excluding carboxylic acids is 2. The van der Waals surface area contributed by atoms with Crippen molar-refractivity contribution in [3.63, 3.8) is 0 Å². The van der Waals surface area contributed by atoms with Crippen LogP contribution in [-0.4, -0.2) is 35.9 Å². The molecule has 0 spiro atoms. The van der Waals surface area contributed by atoms with Crippen LogP contribution < -0.4 is 10.6 Å². The van der Waals surface area contributed by atoms with Gasteiger partial charge in [-0.3, -0.25) is 9.59 Å². The summed E-state index contributed by atoms with van der Waals surface area (Å²) < 4.78 is 6.63. The van der Waals surface area contributed by atoms with Crippen molar-refractivity contribution >= 4 is 41.5 Å². The molecule has 2 heterocycles. The predicted molar refractivity (Wildman–Crippen MR) is 173 cm³/mol. The van der Waals surface area contributed by atoms with Gasteiger partial charge in [0.05, 0.1) is 18.7 Å². The Bertz CT molecular complexity index is 1570. The van der Waals surface area contributed by atoms with Crippen molar-refractivity contribution in [2.75, 3.05) is 18.0 Å². The molecule has 2 amide bonds. The number of carbonyl (C=O) groups is 2. The van der Waals surface area contributed by atoms with Gasteiger partial charge in [-0.15, -0.1) is 12.4 Å². The minimum absolute atomic E-state index is 0. The lowest BCUT2D eigenvalue weighted by Crippen LogP contribution is -2.42. The Labute approximate surface area is 263 Å². The third kappa shape index (κ3) is 6.78. The van der Waals surface area contributed by atoms with Gasteiger partial charge >= 0.3 is 0 Å². The van der Waals surface area contributed by atoms with Gasteiger partial charge in [0.25, 0.3) is 5.91 Å². The highest BCUT2D eigenvalue weighted by Crippen LogP contribution is 2.41. The number of nitrogens with two attached hydrogens (primary N) is 1. The second kappa shape index (κ2) is 13.7. The minimum atomic E-state index is -0.959. The number of rotatable bonds is 7. The quantitative estimate of drug-likeness (QED) is 0.245. The van der Waals surface area contributed by atoms with E-state index in [0.29, 0.717) is 18.1 Å². The van der Waals surface area contributed by atoms with Gasteiger partial charge in [-0.05, 0) is 58.9 Å². The smallest absolute Gasteiger partial charge is 0.257 e. The lowest BCUT2D eigenvalue weighted by Gasteiger charge is -2.26. The molecule has 1 saturated heterocycles. The van der Waals surface area contributed by atoms with Gasteiger partial charge in [0.1, 0.15) is 12.2 Å². The highest BCUT2D eigenvalue weighted by atomic mass is 35.5. The van der Waals surface area contributed by atoms with E-state index in [0.717, 1.165) is 65.0 Å². The molecule has 8 heteroatoms. The first kappa shape index (κ1) is 30.8. The van der Waals surface area contributed by atoms with Crippen LogP contribution in [0.5, 0.6) is 0 Å². The Balaban J connectivity index is 0.00000368. The number of fused-ring (bicyclic) bond motifs is 1. The number of hydrogen-bond donors (Lipinski definition) is 1. The molecule has 6 nitrogen and oxygen atoms in total. The molecular formula is C35H35Cl2N3O3. The SMILES string of the molecule is Cl.NCc1cccc(C2OC(CC(=O)N3CCCC3)C(=O)N(Cc3ccc(-c4ccccc4)cc3)c3ccc(Cl)cc32)c1. The van der Waals surface area contributed by atoms with E-state index >= 15 is 0 Å². The van der Waals surface area contributed by atoms with Gasteiger partial charge in [0, 0.05) is 30.2 Å². The number of likely N-dealkylation sites (tertiary alicyclic amines) is 1. The maximum atomic E-state index is 14.3. The maximum absolute atomic E-state index is 14.3. The van der Waals surface area contributed by atoms with Crippen molar-refractivity contribution in [3.05, 3.63) is 124 Å². The van der Waals surface area contributed by atoms with Crippen molar-refractivity contribution in [1.29, 1.82) is 0 Å². The van der Waals surface area contributed by atoms with Crippen LogP contribution in [0.2, 0.25) is 5.02 Å². The molecule has 1 fully saturated rings. The first-order valence-electron chi connectivity index (χ1n) is 14.5. The van der Waals surface area contributed by atoms with Crippen LogP contribution in [0, 0.1) is 0 Å². The fourth-order valence-electron chi connectivity index (χ4n) is 5.88. The fourth-order valence-corrected chi connectivity index (χ4v) is 6.06. The van der Waals surface area contributed by atoms with Crippen molar-refractivity contribution in [1.82, 2.24) is 4.90 Å². The van der Waals surface area contributed by atoms with Gasteiger partial charge < -0.3 is 20.3 Å². The van der Waals surface area contributed by atoms with Gasteiger partial charge in [0.2, 0.25) is 5.91 Å². The molecule has 0 aliphatic carbocycles. The molecule has 4 aromatic carbocycles. The average molecular weight is 617 g/mol. The van der Waals surface area contributed by atoms with Crippen LogP contribution in [0.15, 0.2) is 97.1 Å². The first-order valence-corrected chi connectivity index (χ1v) is 14.9. The predicted octanol–water partition coefficient (Wildman–Crippen LogP) is 6.92. The average Bonchev–Trinajstić information content (AvgIpc) is 3.55. The number of hydrogen-bond acceptors (Lipinski definition) is 4. The molecule has 4 aromatic rings. The molecule has 2 aliphatic rings. The van der Waals surface area contributed by atoms with Crippen molar-refractivity contribution in [3.8, 4) is 11.1 Å². The summed E-state index contributed by atoms with van der Waals surface area (Å²) in [6, 6.07) is 31.8. The lowest BCUT2D eigenvalue weighted by atomic mass is 9.97. The van der Waals surface area contributed by atoms with Crippen LogP contribution in [0.3, 0.4) is 0 Å². The van der Waals surface area contributed by atoms with E-state index in [9.17, 15) is 9.59 Å². The third-order valence-electron chi connectivity index (χ3n) is 8.11. The van der Waals surface area contributed by atoms with E-state index in [2.05, 4.69) is 24.3 Å². The molecule has 43 heavy (non-hydrogen) atoms. The molecule has 2 aliphatic heterocycles. The zero-order valence-electron chi connectivity index (χ0n) is 23.8. The number of ether oxygens (including phenoxy) is 1. The molecule has 2 N–H and O–H groups in total. The Morgan fingerprint density at radius 2 is 1.58 bits per heavy atom. The standard InChI is InChI=1S/C35H34ClN3O3.ClH/c36-29-15-16-31-30(20-29)34(28-10-6-7-25(19-28)22-37)42-32(21-33(40)38-17-4-5-18-38)35(41)39(31)23-24-11-13-27(14-12-24)26-8-2-1-3-9-26;/h1-3,6-16,19-20,32,34H,4-5,17-18,21-23,37H2;1H. The summed E-state index contributed by atoms with van der Waals surface area (Å²) in [6.45, 7) is 2.14. The molecule has 0 bridgehead atoms. The Morgan fingerprint density at radius 3 is 2.30 bits per heavy atom. The van der Waals surface area contributed by atoms with E-state index < -0.39 is 12.2 Å². The minimum Gasteiger partial charge on any atom is -0.355 e. The number of amides is 2. The van der Waals surface area contributed by atoms with E-state index in [1.807, 2.05) is 71.6 Å². The van der Waals surface area contributed by atoms with Crippen LogP contribution in [0.4, 0.5) is 5.69 Å². The topological polar surface area (TPSA) is 75.9 Å². The summed E-state index contributed by atoms with van der Waals surface area (Å²) >= 11 is 6.53. The van der Waals surface area contributed by atoms with E-state index in [1.54, 1.807) is 11.0 Å². The largest absolute Gasteiger partial charge is 0.355 e. The zero-order valence-corrected chi connectivity index (χ0v) is 25.4. The molecule has 0 radical (unpaired) electrons. The second-order valence-electron chi connectivity index (χ2n) is 10.9. The number of anilines is 1. The van der Waals surface area contributed by atoms with Crippen LogP contribution in [0.25, 0.3) is 11.1 Å². The Hall–Kier alpha value is -3.68.